The summed E-state index contributed by atoms with van der Waals surface area (Å²) in [5, 5.41) is 8.75. The van der Waals surface area contributed by atoms with Crippen LogP contribution in [0.4, 0.5) is 0 Å². The minimum Gasteiger partial charge on any atom is -0.474 e. The molecule has 142 valence electrons. The number of ether oxygens (including phenoxy) is 1. The summed E-state index contributed by atoms with van der Waals surface area (Å²) >= 11 is 1.74. The fraction of sp³-hybridized carbons (Fsp3) is 0.474. The van der Waals surface area contributed by atoms with Crippen molar-refractivity contribution in [2.45, 2.75) is 51.8 Å². The Bertz CT molecular complexity index is 672. The van der Waals surface area contributed by atoms with E-state index in [1.54, 1.807) is 17.5 Å². The van der Waals surface area contributed by atoms with Gasteiger partial charge in [-0.15, -0.1) is 35.3 Å². The normalized spacial score (nSPS) is 14.7. The standard InChI is InChI=1S/C19H26N4OS.HI/c1-2-20-19(23-14-17-10-6-12-25-17)22-13-15-7-5-11-21-18(15)24-16-8-3-4-9-16;/h5-7,10-12,16H,2-4,8-9,13-14H2,1H3,(H2,20,22,23);1H. The first-order chi connectivity index (χ1) is 12.3. The fourth-order valence-corrected chi connectivity index (χ4v) is 3.55. The van der Waals surface area contributed by atoms with Crippen LogP contribution in [-0.2, 0) is 13.1 Å². The molecule has 7 heteroatoms. The zero-order valence-corrected chi connectivity index (χ0v) is 18.3. The number of hydrogen-bond donors (Lipinski definition) is 2. The molecule has 0 bridgehead atoms. The topological polar surface area (TPSA) is 58.5 Å². The second kappa shape index (κ2) is 11.4. The van der Waals surface area contributed by atoms with Crippen LogP contribution in [-0.4, -0.2) is 23.6 Å². The number of pyridine rings is 1. The van der Waals surface area contributed by atoms with E-state index in [-0.39, 0.29) is 24.0 Å². The van der Waals surface area contributed by atoms with Crippen LogP contribution in [0.15, 0.2) is 40.8 Å². The third kappa shape index (κ3) is 6.42. The third-order valence-electron chi connectivity index (χ3n) is 4.19. The number of nitrogens with one attached hydrogen (secondary N) is 2. The van der Waals surface area contributed by atoms with E-state index in [9.17, 15) is 0 Å². The summed E-state index contributed by atoms with van der Waals surface area (Å²) in [6.07, 6.45) is 6.86. The van der Waals surface area contributed by atoms with Crippen molar-refractivity contribution in [1.82, 2.24) is 15.6 Å². The van der Waals surface area contributed by atoms with Crippen molar-refractivity contribution >= 4 is 41.3 Å². The highest BCUT2D eigenvalue weighted by Gasteiger charge is 2.18. The molecule has 2 heterocycles. The Morgan fingerprint density at radius 2 is 2.12 bits per heavy atom. The van der Waals surface area contributed by atoms with E-state index in [2.05, 4.69) is 40.1 Å². The predicted octanol–water partition coefficient (Wildman–Crippen LogP) is 4.34. The molecule has 0 aromatic carbocycles. The molecule has 0 saturated heterocycles. The lowest BCUT2D eigenvalue weighted by Crippen LogP contribution is -2.36. The zero-order valence-electron chi connectivity index (χ0n) is 15.1. The molecule has 5 nitrogen and oxygen atoms in total. The predicted molar refractivity (Wildman–Crippen MR) is 119 cm³/mol. The first-order valence-corrected chi connectivity index (χ1v) is 9.88. The van der Waals surface area contributed by atoms with E-state index in [0.717, 1.165) is 43.3 Å². The van der Waals surface area contributed by atoms with Crippen LogP contribution in [0.1, 0.15) is 43.0 Å². The molecule has 2 aromatic heterocycles. The van der Waals surface area contributed by atoms with Gasteiger partial charge in [0.05, 0.1) is 13.1 Å². The van der Waals surface area contributed by atoms with Crippen molar-refractivity contribution in [3.8, 4) is 5.88 Å². The van der Waals surface area contributed by atoms with Crippen LogP contribution in [0.2, 0.25) is 0 Å². The van der Waals surface area contributed by atoms with E-state index >= 15 is 0 Å². The van der Waals surface area contributed by atoms with Gasteiger partial charge in [0.25, 0.3) is 0 Å². The van der Waals surface area contributed by atoms with E-state index in [1.165, 1.54) is 17.7 Å². The molecule has 0 aliphatic heterocycles. The van der Waals surface area contributed by atoms with Crippen molar-refractivity contribution in [2.24, 2.45) is 4.99 Å². The van der Waals surface area contributed by atoms with Gasteiger partial charge in [-0.25, -0.2) is 9.98 Å². The quantitative estimate of drug-likeness (QED) is 0.348. The largest absolute Gasteiger partial charge is 0.474 e. The van der Waals surface area contributed by atoms with Crippen LogP contribution < -0.4 is 15.4 Å². The Kier molecular flexibility index (Phi) is 9.17. The van der Waals surface area contributed by atoms with E-state index < -0.39 is 0 Å². The molecule has 1 aliphatic rings. The SMILES string of the molecule is CCNC(=NCc1cccnc1OC1CCCC1)NCc1cccs1.I. The highest BCUT2D eigenvalue weighted by atomic mass is 127. The van der Waals surface area contributed by atoms with Gasteiger partial charge in [0.2, 0.25) is 5.88 Å². The minimum absolute atomic E-state index is 0. The Morgan fingerprint density at radius 3 is 2.85 bits per heavy atom. The summed E-state index contributed by atoms with van der Waals surface area (Å²) in [6.45, 7) is 4.23. The number of hydrogen-bond acceptors (Lipinski definition) is 4. The number of halogens is 1. The van der Waals surface area contributed by atoms with Crippen LogP contribution in [0.25, 0.3) is 0 Å². The van der Waals surface area contributed by atoms with Gasteiger partial charge in [0.1, 0.15) is 6.10 Å². The maximum Gasteiger partial charge on any atom is 0.218 e. The van der Waals surface area contributed by atoms with Gasteiger partial charge in [-0.3, -0.25) is 0 Å². The van der Waals surface area contributed by atoms with Gasteiger partial charge in [0.15, 0.2) is 5.96 Å². The lowest BCUT2D eigenvalue weighted by atomic mass is 10.2. The van der Waals surface area contributed by atoms with Crippen molar-refractivity contribution in [1.29, 1.82) is 0 Å². The average molecular weight is 486 g/mol. The van der Waals surface area contributed by atoms with Gasteiger partial charge >= 0.3 is 0 Å². The Morgan fingerprint density at radius 1 is 1.27 bits per heavy atom. The number of aliphatic imine (C=N–C) groups is 1. The monoisotopic (exact) mass is 486 g/mol. The second-order valence-electron chi connectivity index (χ2n) is 6.12. The maximum atomic E-state index is 6.10. The molecule has 0 radical (unpaired) electrons. The van der Waals surface area contributed by atoms with Crippen LogP contribution in [0.3, 0.4) is 0 Å². The highest BCUT2D eigenvalue weighted by molar-refractivity contribution is 14.0. The first kappa shape index (κ1) is 21.0. The number of guanidine groups is 1. The molecule has 0 amide bonds. The number of nitrogens with zero attached hydrogens (tertiary/aromatic N) is 2. The molecule has 3 rings (SSSR count). The molecule has 1 saturated carbocycles. The van der Waals surface area contributed by atoms with Crippen LogP contribution in [0, 0.1) is 0 Å². The molecular formula is C19H27IN4OS. The summed E-state index contributed by atoms with van der Waals surface area (Å²) in [4.78, 5) is 10.4. The van der Waals surface area contributed by atoms with Crippen molar-refractivity contribution in [2.75, 3.05) is 6.54 Å². The van der Waals surface area contributed by atoms with Gasteiger partial charge < -0.3 is 15.4 Å². The molecule has 1 aliphatic carbocycles. The van der Waals surface area contributed by atoms with Gasteiger partial charge in [-0.05, 0) is 50.1 Å². The maximum absolute atomic E-state index is 6.10. The molecule has 2 N–H and O–H groups in total. The van der Waals surface area contributed by atoms with Crippen molar-refractivity contribution in [3.05, 3.63) is 46.3 Å². The summed E-state index contributed by atoms with van der Waals surface area (Å²) in [7, 11) is 0. The molecule has 0 spiro atoms. The van der Waals surface area contributed by atoms with Gasteiger partial charge in [0, 0.05) is 23.2 Å². The van der Waals surface area contributed by atoms with Gasteiger partial charge in [-0.1, -0.05) is 12.1 Å². The molecule has 0 unspecified atom stereocenters. The summed E-state index contributed by atoms with van der Waals surface area (Å²) < 4.78 is 6.10. The van der Waals surface area contributed by atoms with Crippen LogP contribution in [0.5, 0.6) is 5.88 Å². The Hall–Kier alpha value is -1.35. The summed E-state index contributed by atoms with van der Waals surface area (Å²) in [5.74, 6) is 1.54. The van der Waals surface area contributed by atoms with E-state index in [4.69, 9.17) is 9.73 Å². The smallest absolute Gasteiger partial charge is 0.218 e. The molecule has 0 atom stereocenters. The number of aromatic nitrogens is 1. The molecule has 1 fully saturated rings. The Labute approximate surface area is 176 Å². The number of thiophene rings is 1. The zero-order chi connectivity index (χ0) is 17.3. The second-order valence-corrected chi connectivity index (χ2v) is 7.15. The summed E-state index contributed by atoms with van der Waals surface area (Å²) in [6, 6.07) is 8.17. The fourth-order valence-electron chi connectivity index (χ4n) is 2.90. The van der Waals surface area contributed by atoms with Crippen LogP contribution >= 0.6 is 35.3 Å². The molecular weight excluding hydrogens is 459 g/mol. The molecule has 2 aromatic rings. The molecule has 26 heavy (non-hydrogen) atoms. The van der Waals surface area contributed by atoms with Gasteiger partial charge in [-0.2, -0.15) is 0 Å². The lowest BCUT2D eigenvalue weighted by Gasteiger charge is -2.15. The van der Waals surface area contributed by atoms with Crippen molar-refractivity contribution < 1.29 is 4.74 Å². The van der Waals surface area contributed by atoms with E-state index in [1.807, 2.05) is 12.1 Å². The Balaban J connectivity index is 0.00000243. The summed E-state index contributed by atoms with van der Waals surface area (Å²) in [5.41, 5.74) is 1.03. The first-order valence-electron chi connectivity index (χ1n) is 9.00. The minimum atomic E-state index is 0. The van der Waals surface area contributed by atoms with Crippen molar-refractivity contribution in [3.63, 3.8) is 0 Å². The highest BCUT2D eigenvalue weighted by Crippen LogP contribution is 2.25. The third-order valence-corrected chi connectivity index (χ3v) is 5.07. The number of rotatable bonds is 7. The van der Waals surface area contributed by atoms with E-state index in [0.29, 0.717) is 12.6 Å². The average Bonchev–Trinajstić information content (AvgIpc) is 3.32. The lowest BCUT2D eigenvalue weighted by molar-refractivity contribution is 0.199.